The van der Waals surface area contributed by atoms with Crippen LogP contribution in [0.1, 0.15) is 27.7 Å². The van der Waals surface area contributed by atoms with Gasteiger partial charge in [0.2, 0.25) is 0 Å². The molecule has 0 aromatic heterocycles. The molecule has 78 valence electrons. The third-order valence-electron chi connectivity index (χ3n) is 2.38. The Labute approximate surface area is 86.0 Å². The van der Waals surface area contributed by atoms with Crippen molar-refractivity contribution in [2.75, 3.05) is 19.6 Å². The summed E-state index contributed by atoms with van der Waals surface area (Å²) in [6.45, 7) is 12.6. The van der Waals surface area contributed by atoms with Crippen molar-refractivity contribution in [1.82, 2.24) is 4.90 Å². The van der Waals surface area contributed by atoms with Gasteiger partial charge >= 0.3 is 0 Å². The fourth-order valence-corrected chi connectivity index (χ4v) is 3.15. The van der Waals surface area contributed by atoms with E-state index in [0.717, 1.165) is 0 Å². The molecule has 0 saturated heterocycles. The zero-order chi connectivity index (χ0) is 10.1. The van der Waals surface area contributed by atoms with E-state index in [-0.39, 0.29) is 9.52 Å². The Morgan fingerprint density at radius 1 is 1.23 bits per heavy atom. The van der Waals surface area contributed by atoms with Crippen LogP contribution in [0.2, 0.25) is 12.1 Å². The number of hydrogen-bond acceptors (Lipinski definition) is 1. The van der Waals surface area contributed by atoms with Gasteiger partial charge in [0, 0.05) is 9.52 Å². The molecule has 0 unspecified atom stereocenters. The summed E-state index contributed by atoms with van der Waals surface area (Å²) in [5.41, 5.74) is 1.48. The van der Waals surface area contributed by atoms with Crippen LogP contribution in [0, 0.1) is 0 Å². The Kier molecular flexibility index (Phi) is 8.46. The third kappa shape index (κ3) is 8.25. The van der Waals surface area contributed by atoms with Gasteiger partial charge in [-0.3, -0.25) is 0 Å². The van der Waals surface area contributed by atoms with E-state index in [1.165, 1.54) is 37.3 Å². The molecule has 0 aromatic carbocycles. The van der Waals surface area contributed by atoms with Crippen LogP contribution >= 0.6 is 0 Å². The second-order valence-electron chi connectivity index (χ2n) is 3.80. The van der Waals surface area contributed by atoms with E-state index in [1.807, 2.05) is 0 Å². The van der Waals surface area contributed by atoms with Crippen LogP contribution in [0.15, 0.2) is 11.6 Å². The standard InChI is InChI=1S/C11H25NSi/c1-5-12(6-2)8-10-13-9-7-11(3)4/h7H,5-6,8-10,13H2,1-4H3. The molecule has 0 aliphatic heterocycles. The zero-order valence-electron chi connectivity index (χ0n) is 9.77. The molecule has 0 radical (unpaired) electrons. The van der Waals surface area contributed by atoms with Crippen molar-refractivity contribution in [2.24, 2.45) is 0 Å². The second kappa shape index (κ2) is 8.51. The molecule has 0 rings (SSSR count). The molecule has 0 spiro atoms. The van der Waals surface area contributed by atoms with Gasteiger partial charge in [-0.1, -0.05) is 25.5 Å². The van der Waals surface area contributed by atoms with E-state index in [2.05, 4.69) is 38.7 Å². The van der Waals surface area contributed by atoms with E-state index in [9.17, 15) is 0 Å². The van der Waals surface area contributed by atoms with Crippen LogP contribution < -0.4 is 0 Å². The fraction of sp³-hybridized carbons (Fsp3) is 0.818. The van der Waals surface area contributed by atoms with Gasteiger partial charge in [0.25, 0.3) is 0 Å². The summed E-state index contributed by atoms with van der Waals surface area (Å²) < 4.78 is 0. The molecule has 0 fully saturated rings. The highest BCUT2D eigenvalue weighted by molar-refractivity contribution is 6.36. The summed E-state index contributed by atoms with van der Waals surface area (Å²) in [6.07, 6.45) is 2.40. The minimum Gasteiger partial charge on any atom is -0.304 e. The van der Waals surface area contributed by atoms with Gasteiger partial charge in [-0.05, 0) is 45.6 Å². The van der Waals surface area contributed by atoms with Gasteiger partial charge in [0.05, 0.1) is 0 Å². The lowest BCUT2D eigenvalue weighted by Crippen LogP contribution is -2.24. The molecule has 13 heavy (non-hydrogen) atoms. The molecule has 0 atom stereocenters. The van der Waals surface area contributed by atoms with Crippen molar-refractivity contribution in [2.45, 2.75) is 39.8 Å². The van der Waals surface area contributed by atoms with Gasteiger partial charge in [0.15, 0.2) is 0 Å². The normalized spacial score (nSPS) is 11.5. The largest absolute Gasteiger partial charge is 0.304 e. The quantitative estimate of drug-likeness (QED) is 0.345. The van der Waals surface area contributed by atoms with Crippen LogP contribution in [0.5, 0.6) is 0 Å². The molecule has 0 amide bonds. The van der Waals surface area contributed by atoms with Crippen molar-refractivity contribution >= 4 is 9.52 Å². The Morgan fingerprint density at radius 2 is 1.85 bits per heavy atom. The summed E-state index contributed by atoms with van der Waals surface area (Å²) in [5.74, 6) is 0. The summed E-state index contributed by atoms with van der Waals surface area (Å²) >= 11 is 0. The van der Waals surface area contributed by atoms with Crippen LogP contribution in [-0.2, 0) is 0 Å². The van der Waals surface area contributed by atoms with Crippen molar-refractivity contribution < 1.29 is 0 Å². The Hall–Kier alpha value is -0.0831. The predicted octanol–water partition coefficient (Wildman–Crippen LogP) is 2.30. The molecule has 0 aliphatic carbocycles. The average Bonchev–Trinajstić information content (AvgIpc) is 2.11. The Balaban J connectivity index is 3.29. The van der Waals surface area contributed by atoms with E-state index >= 15 is 0 Å². The van der Waals surface area contributed by atoms with Crippen LogP contribution in [0.3, 0.4) is 0 Å². The molecule has 0 aliphatic rings. The molecule has 1 nitrogen and oxygen atoms in total. The first-order valence-electron chi connectivity index (χ1n) is 5.56. The Morgan fingerprint density at radius 3 is 2.31 bits per heavy atom. The molecule has 0 saturated carbocycles. The van der Waals surface area contributed by atoms with Gasteiger partial charge < -0.3 is 4.90 Å². The van der Waals surface area contributed by atoms with Crippen LogP contribution in [-0.4, -0.2) is 34.1 Å². The summed E-state index contributed by atoms with van der Waals surface area (Å²) in [5, 5.41) is 0. The SMILES string of the molecule is CCN(CC)CC[SiH2]CC=C(C)C. The minimum atomic E-state index is 0.189. The molecule has 2 heteroatoms. The predicted molar refractivity (Wildman–Crippen MR) is 65.4 cm³/mol. The van der Waals surface area contributed by atoms with Gasteiger partial charge in [-0.25, -0.2) is 0 Å². The zero-order valence-corrected chi connectivity index (χ0v) is 11.2. The van der Waals surface area contributed by atoms with E-state index in [1.54, 1.807) is 0 Å². The number of allylic oxidation sites excluding steroid dienone is 2. The topological polar surface area (TPSA) is 3.24 Å². The first-order valence-corrected chi connectivity index (χ1v) is 7.56. The maximum Gasteiger partial charge on any atom is 0.0254 e. The molecular weight excluding hydrogens is 174 g/mol. The van der Waals surface area contributed by atoms with Crippen molar-refractivity contribution in [3.05, 3.63) is 11.6 Å². The summed E-state index contributed by atoms with van der Waals surface area (Å²) in [6, 6.07) is 2.87. The number of hydrogen-bond donors (Lipinski definition) is 0. The van der Waals surface area contributed by atoms with Crippen molar-refractivity contribution in [1.29, 1.82) is 0 Å². The molecule has 0 bridgehead atoms. The van der Waals surface area contributed by atoms with Crippen LogP contribution in [0.25, 0.3) is 0 Å². The maximum absolute atomic E-state index is 2.52. The minimum absolute atomic E-state index is 0.189. The first kappa shape index (κ1) is 12.9. The summed E-state index contributed by atoms with van der Waals surface area (Å²) in [4.78, 5) is 2.52. The molecule has 0 N–H and O–H groups in total. The number of rotatable bonds is 7. The van der Waals surface area contributed by atoms with E-state index in [0.29, 0.717) is 0 Å². The smallest absolute Gasteiger partial charge is 0.0254 e. The highest BCUT2D eigenvalue weighted by Crippen LogP contribution is 1.96. The van der Waals surface area contributed by atoms with Crippen molar-refractivity contribution in [3.8, 4) is 0 Å². The molecular formula is C11H25NSi. The summed E-state index contributed by atoms with van der Waals surface area (Å²) in [7, 11) is 0.189. The van der Waals surface area contributed by atoms with Crippen molar-refractivity contribution in [3.63, 3.8) is 0 Å². The molecule has 0 aromatic rings. The van der Waals surface area contributed by atoms with E-state index < -0.39 is 0 Å². The maximum atomic E-state index is 2.52. The highest BCUT2D eigenvalue weighted by atomic mass is 28.2. The van der Waals surface area contributed by atoms with Gasteiger partial charge in [-0.2, -0.15) is 0 Å². The van der Waals surface area contributed by atoms with Gasteiger partial charge in [-0.15, -0.1) is 0 Å². The average molecular weight is 199 g/mol. The molecule has 0 heterocycles. The van der Waals surface area contributed by atoms with Gasteiger partial charge in [0.1, 0.15) is 0 Å². The lowest BCUT2D eigenvalue weighted by atomic mass is 10.3. The lowest BCUT2D eigenvalue weighted by molar-refractivity contribution is 0.321. The first-order chi connectivity index (χ1) is 6.20. The Bertz CT molecular complexity index is 135. The monoisotopic (exact) mass is 199 g/mol. The lowest BCUT2D eigenvalue weighted by Gasteiger charge is -2.16. The second-order valence-corrected chi connectivity index (χ2v) is 5.80. The highest BCUT2D eigenvalue weighted by Gasteiger charge is 1.97. The van der Waals surface area contributed by atoms with E-state index in [4.69, 9.17) is 0 Å². The number of nitrogens with zero attached hydrogens (tertiary/aromatic N) is 1. The fourth-order valence-electron chi connectivity index (χ4n) is 1.41. The third-order valence-corrected chi connectivity index (χ3v) is 3.89. The van der Waals surface area contributed by atoms with Crippen LogP contribution in [0.4, 0.5) is 0 Å².